The smallest absolute Gasteiger partial charge is 0.114 e. The van der Waals surface area contributed by atoms with Crippen molar-refractivity contribution in [2.45, 2.75) is 96.5 Å². The van der Waals surface area contributed by atoms with Gasteiger partial charge in [0.25, 0.3) is 0 Å². The predicted molar refractivity (Wildman–Crippen MR) is 103 cm³/mol. The zero-order chi connectivity index (χ0) is 16.7. The maximum atomic E-state index is 6.06. The van der Waals surface area contributed by atoms with Crippen LogP contribution >= 0.6 is 35.3 Å². The zero-order valence-electron chi connectivity index (χ0n) is 14.6. The summed E-state index contributed by atoms with van der Waals surface area (Å²) in [5, 5.41) is 2.29. The van der Waals surface area contributed by atoms with Crippen LogP contribution in [0.2, 0.25) is 0 Å². The van der Waals surface area contributed by atoms with Crippen molar-refractivity contribution >= 4 is 35.3 Å². The highest BCUT2D eigenvalue weighted by Gasteiger charge is 2.73. The van der Waals surface area contributed by atoms with E-state index < -0.39 is 0 Å². The molecule has 12 atom stereocenters. The maximum Gasteiger partial charge on any atom is 0.114 e. The van der Waals surface area contributed by atoms with E-state index in [0.29, 0.717) is 69.8 Å². The Morgan fingerprint density at radius 1 is 0.520 bits per heavy atom. The molecule has 0 amide bonds. The summed E-state index contributed by atoms with van der Waals surface area (Å²) < 4.78 is 24.1. The van der Waals surface area contributed by atoms with Crippen molar-refractivity contribution < 1.29 is 18.9 Å². The number of fused-ring (bicyclic) bond motifs is 6. The van der Waals surface area contributed by atoms with Crippen LogP contribution in [0.5, 0.6) is 0 Å². The first-order valence-corrected chi connectivity index (χ1v) is 12.9. The van der Waals surface area contributed by atoms with Crippen LogP contribution in [-0.2, 0) is 18.9 Å². The summed E-state index contributed by atoms with van der Waals surface area (Å²) in [6.07, 6.45) is 5.71. The Morgan fingerprint density at radius 2 is 0.880 bits per heavy atom. The lowest BCUT2D eigenvalue weighted by Gasteiger charge is -2.33. The minimum atomic E-state index is 0.382. The molecule has 4 nitrogen and oxygen atoms in total. The fraction of sp³-hybridized carbons (Fsp3) is 1.00. The molecule has 0 N–H and O–H groups in total. The lowest BCUT2D eigenvalue weighted by Crippen LogP contribution is -2.44. The standard InChI is InChI=1S/C18H26O4S3/c1-3-5-23-15-11-7(19-11)9-13(21-9)17(15)25-18-14-10(22-14)8-12(20-8)16(18)24-6-4-2/h7-18H,3-6H2,1-2H3. The fourth-order valence-corrected chi connectivity index (χ4v) is 9.89. The van der Waals surface area contributed by atoms with Gasteiger partial charge in [-0.05, 0) is 24.3 Å². The van der Waals surface area contributed by atoms with Crippen LogP contribution in [-0.4, -0.2) is 81.3 Å². The lowest BCUT2D eigenvalue weighted by atomic mass is 9.99. The first-order valence-electron chi connectivity index (χ1n) is 9.82. The molecule has 4 aliphatic heterocycles. The van der Waals surface area contributed by atoms with Gasteiger partial charge in [0, 0.05) is 21.0 Å². The van der Waals surface area contributed by atoms with Gasteiger partial charge in [-0.1, -0.05) is 13.8 Å². The van der Waals surface area contributed by atoms with E-state index in [1.54, 1.807) is 0 Å². The van der Waals surface area contributed by atoms with Crippen LogP contribution in [0.3, 0.4) is 0 Å². The number of epoxide rings is 4. The van der Waals surface area contributed by atoms with Crippen molar-refractivity contribution in [3.63, 3.8) is 0 Å². The SMILES string of the molecule is CCCSC1C2OC2C2OC2C1SC1C2OC2C2OC2C1SCCC. The largest absolute Gasteiger partial charge is 0.365 e. The molecule has 140 valence electrons. The summed E-state index contributed by atoms with van der Waals surface area (Å²) in [4.78, 5) is 0. The summed E-state index contributed by atoms with van der Waals surface area (Å²) in [5.74, 6) is 2.45. The van der Waals surface area contributed by atoms with Gasteiger partial charge < -0.3 is 18.9 Å². The van der Waals surface area contributed by atoms with Crippen molar-refractivity contribution in [1.29, 1.82) is 0 Å². The second-order valence-electron chi connectivity index (χ2n) is 8.00. The van der Waals surface area contributed by atoms with E-state index >= 15 is 0 Å². The minimum Gasteiger partial charge on any atom is -0.365 e. The van der Waals surface area contributed by atoms with Crippen LogP contribution in [0.25, 0.3) is 0 Å². The highest BCUT2D eigenvalue weighted by atomic mass is 32.2. The van der Waals surface area contributed by atoms with Crippen molar-refractivity contribution in [3.8, 4) is 0 Å². The van der Waals surface area contributed by atoms with Gasteiger partial charge in [-0.2, -0.15) is 23.5 Å². The van der Waals surface area contributed by atoms with Crippen molar-refractivity contribution in [2.75, 3.05) is 11.5 Å². The van der Waals surface area contributed by atoms with Crippen molar-refractivity contribution in [2.24, 2.45) is 0 Å². The van der Waals surface area contributed by atoms with Gasteiger partial charge in [-0.15, -0.1) is 11.8 Å². The Balaban J connectivity index is 1.20. The molecule has 0 radical (unpaired) electrons. The highest BCUT2D eigenvalue weighted by molar-refractivity contribution is 8.05. The molecule has 0 aromatic heterocycles. The highest BCUT2D eigenvalue weighted by Crippen LogP contribution is 2.60. The molecule has 6 aliphatic rings. The normalized spacial score (nSPS) is 59.3. The molecule has 0 aromatic rings. The zero-order valence-corrected chi connectivity index (χ0v) is 17.1. The molecule has 6 fully saturated rings. The number of hydrogen-bond acceptors (Lipinski definition) is 7. The van der Waals surface area contributed by atoms with E-state index in [1.165, 1.54) is 24.3 Å². The third kappa shape index (κ3) is 2.75. The Bertz CT molecular complexity index is 504. The number of thioether (sulfide) groups is 3. The van der Waals surface area contributed by atoms with E-state index in [9.17, 15) is 0 Å². The fourth-order valence-electron chi connectivity index (χ4n) is 4.79. The number of rotatable bonds is 8. The summed E-state index contributed by atoms with van der Waals surface area (Å²) in [6.45, 7) is 4.54. The van der Waals surface area contributed by atoms with Crippen molar-refractivity contribution in [1.82, 2.24) is 0 Å². The van der Waals surface area contributed by atoms with Gasteiger partial charge in [0.2, 0.25) is 0 Å². The first-order chi connectivity index (χ1) is 12.3. The van der Waals surface area contributed by atoms with Gasteiger partial charge in [-0.25, -0.2) is 0 Å². The molecule has 6 rings (SSSR count). The quantitative estimate of drug-likeness (QED) is 0.578. The molecule has 2 saturated carbocycles. The number of ether oxygens (including phenoxy) is 4. The summed E-state index contributed by atoms with van der Waals surface area (Å²) >= 11 is 6.40. The van der Waals surface area contributed by atoms with Gasteiger partial charge in [0.05, 0.1) is 24.4 Å². The summed E-state index contributed by atoms with van der Waals surface area (Å²) in [6, 6.07) is 0. The number of hydrogen-bond donors (Lipinski definition) is 0. The maximum absolute atomic E-state index is 6.06. The molecular formula is C18H26O4S3. The topological polar surface area (TPSA) is 50.1 Å². The minimum absolute atomic E-state index is 0.382. The molecule has 0 spiro atoms. The van der Waals surface area contributed by atoms with E-state index in [2.05, 4.69) is 49.1 Å². The molecule has 2 aliphatic carbocycles. The van der Waals surface area contributed by atoms with Crippen LogP contribution in [0.15, 0.2) is 0 Å². The lowest BCUT2D eigenvalue weighted by molar-refractivity contribution is 0.291. The first kappa shape index (κ1) is 16.8. The van der Waals surface area contributed by atoms with Crippen LogP contribution in [0.4, 0.5) is 0 Å². The van der Waals surface area contributed by atoms with Gasteiger partial charge in [-0.3, -0.25) is 0 Å². The third-order valence-corrected chi connectivity index (χ3v) is 11.5. The Hall–Kier alpha value is 0.890. The van der Waals surface area contributed by atoms with Crippen LogP contribution in [0.1, 0.15) is 26.7 Å². The average Bonchev–Trinajstić information content (AvgIpc) is 3.38. The average molecular weight is 403 g/mol. The third-order valence-electron chi connectivity index (χ3n) is 6.18. The van der Waals surface area contributed by atoms with E-state index in [0.717, 1.165) is 0 Å². The Kier molecular flexibility index (Phi) is 4.16. The molecule has 7 heteroatoms. The van der Waals surface area contributed by atoms with Gasteiger partial charge >= 0.3 is 0 Å². The molecule has 12 unspecified atom stereocenters. The summed E-state index contributed by atoms with van der Waals surface area (Å²) in [7, 11) is 0. The van der Waals surface area contributed by atoms with E-state index in [4.69, 9.17) is 18.9 Å². The van der Waals surface area contributed by atoms with E-state index in [1.807, 2.05) is 0 Å². The molecule has 0 bridgehead atoms. The molecule has 25 heavy (non-hydrogen) atoms. The molecule has 0 aromatic carbocycles. The predicted octanol–water partition coefficient (Wildman–Crippen LogP) is 2.58. The Labute approximate surface area is 162 Å². The second kappa shape index (κ2) is 6.19. The van der Waals surface area contributed by atoms with Gasteiger partial charge in [0.1, 0.15) is 24.4 Å². The second-order valence-corrected chi connectivity index (χ2v) is 11.9. The van der Waals surface area contributed by atoms with Gasteiger partial charge in [0.15, 0.2) is 0 Å². The molecular weight excluding hydrogens is 376 g/mol. The van der Waals surface area contributed by atoms with Crippen molar-refractivity contribution in [3.05, 3.63) is 0 Å². The molecule has 4 heterocycles. The summed E-state index contributed by atoms with van der Waals surface area (Å²) in [5.41, 5.74) is 0. The molecule has 4 saturated heterocycles. The monoisotopic (exact) mass is 402 g/mol. The van der Waals surface area contributed by atoms with E-state index in [-0.39, 0.29) is 0 Å². The Morgan fingerprint density at radius 3 is 1.24 bits per heavy atom. The van der Waals surface area contributed by atoms with Crippen LogP contribution < -0.4 is 0 Å². The van der Waals surface area contributed by atoms with Crippen LogP contribution in [0, 0.1) is 0 Å².